The maximum atomic E-state index is 5.74. The van der Waals surface area contributed by atoms with Gasteiger partial charge in [-0.05, 0) is 34.1 Å². The Labute approximate surface area is 94.7 Å². The minimum absolute atomic E-state index is 0.154. The molecule has 3 nitrogen and oxygen atoms in total. The van der Waals surface area contributed by atoms with Gasteiger partial charge >= 0.3 is 0 Å². The molecule has 0 radical (unpaired) electrons. The fraction of sp³-hybridized carbons (Fsp3) is 0.222. The predicted octanol–water partition coefficient (Wildman–Crippen LogP) is 2.26. The third kappa shape index (κ3) is 1.89. The number of nitrogens with zero attached hydrogens (tertiary/aromatic N) is 2. The van der Waals surface area contributed by atoms with Crippen molar-refractivity contribution >= 4 is 27.3 Å². The summed E-state index contributed by atoms with van der Waals surface area (Å²) in [5, 5.41) is 4.20. The Morgan fingerprint density at radius 1 is 1.57 bits per heavy atom. The van der Waals surface area contributed by atoms with Gasteiger partial charge in [0.15, 0.2) is 0 Å². The first kappa shape index (κ1) is 9.89. The van der Waals surface area contributed by atoms with Crippen molar-refractivity contribution in [3.63, 3.8) is 0 Å². The molecule has 2 heterocycles. The number of aromatic nitrogens is 2. The van der Waals surface area contributed by atoms with E-state index in [4.69, 9.17) is 5.73 Å². The van der Waals surface area contributed by atoms with Gasteiger partial charge in [-0.1, -0.05) is 0 Å². The lowest BCUT2D eigenvalue weighted by Gasteiger charge is -2.12. The number of rotatable bonds is 3. The van der Waals surface area contributed by atoms with E-state index in [1.807, 2.05) is 23.0 Å². The second-order valence-corrected chi connectivity index (χ2v) is 5.37. The van der Waals surface area contributed by atoms with Gasteiger partial charge in [0.2, 0.25) is 0 Å². The molecule has 1 atom stereocenters. The summed E-state index contributed by atoms with van der Waals surface area (Å²) in [5.41, 5.74) is 5.74. The molecule has 2 rings (SSSR count). The maximum Gasteiger partial charge on any atom is 0.0982 e. The van der Waals surface area contributed by atoms with Crippen molar-refractivity contribution in [1.29, 1.82) is 0 Å². The summed E-state index contributed by atoms with van der Waals surface area (Å²) in [6.45, 7) is 0.564. The fourth-order valence-electron chi connectivity index (χ4n) is 1.33. The highest BCUT2D eigenvalue weighted by atomic mass is 79.9. The molecule has 5 heteroatoms. The molecule has 0 fully saturated rings. The highest BCUT2D eigenvalue weighted by Crippen LogP contribution is 2.28. The minimum Gasteiger partial charge on any atom is -0.328 e. The molecule has 2 aromatic heterocycles. The second-order valence-electron chi connectivity index (χ2n) is 2.88. The van der Waals surface area contributed by atoms with Crippen molar-refractivity contribution in [2.45, 2.75) is 6.04 Å². The smallest absolute Gasteiger partial charge is 0.0982 e. The summed E-state index contributed by atoms with van der Waals surface area (Å²) in [5.74, 6) is 0. The third-order valence-corrected chi connectivity index (χ3v) is 3.71. The molecule has 0 amide bonds. The van der Waals surface area contributed by atoms with Gasteiger partial charge in [0.25, 0.3) is 0 Å². The summed E-state index contributed by atoms with van der Waals surface area (Å²) in [6, 6.07) is 6.17. The molecule has 0 aliphatic rings. The molecule has 74 valence electrons. The fourth-order valence-corrected chi connectivity index (χ4v) is 2.86. The van der Waals surface area contributed by atoms with Crippen molar-refractivity contribution in [3.05, 3.63) is 39.3 Å². The Hall–Kier alpha value is -0.650. The first-order valence-corrected chi connectivity index (χ1v) is 5.86. The first-order chi connectivity index (χ1) is 6.81. The highest BCUT2D eigenvalue weighted by molar-refractivity contribution is 9.11. The third-order valence-electron chi connectivity index (χ3n) is 1.99. The molecule has 0 bridgehead atoms. The normalized spacial score (nSPS) is 13.0. The van der Waals surface area contributed by atoms with Crippen LogP contribution in [-0.4, -0.2) is 16.3 Å². The van der Waals surface area contributed by atoms with Crippen molar-refractivity contribution in [3.8, 4) is 0 Å². The zero-order chi connectivity index (χ0) is 9.97. The van der Waals surface area contributed by atoms with Gasteiger partial charge < -0.3 is 5.73 Å². The van der Waals surface area contributed by atoms with Gasteiger partial charge in [-0.3, -0.25) is 4.68 Å². The Kier molecular flexibility index (Phi) is 3.00. The van der Waals surface area contributed by atoms with E-state index in [-0.39, 0.29) is 6.04 Å². The van der Waals surface area contributed by atoms with Gasteiger partial charge in [-0.15, -0.1) is 11.3 Å². The van der Waals surface area contributed by atoms with Crippen LogP contribution in [0.1, 0.15) is 10.9 Å². The molecule has 14 heavy (non-hydrogen) atoms. The van der Waals surface area contributed by atoms with E-state index in [0.717, 1.165) is 3.79 Å². The molecule has 1 unspecified atom stereocenters. The van der Waals surface area contributed by atoms with E-state index in [0.29, 0.717) is 6.54 Å². The summed E-state index contributed by atoms with van der Waals surface area (Å²) in [6.07, 6.45) is 3.70. The predicted molar refractivity (Wildman–Crippen MR) is 61.4 cm³/mol. The van der Waals surface area contributed by atoms with Gasteiger partial charge in [0, 0.05) is 23.8 Å². The lowest BCUT2D eigenvalue weighted by molar-refractivity contribution is 0.540. The topological polar surface area (TPSA) is 43.8 Å². The number of thiophene rings is 1. The average Bonchev–Trinajstić information content (AvgIpc) is 2.79. The van der Waals surface area contributed by atoms with Gasteiger partial charge in [-0.2, -0.15) is 5.10 Å². The van der Waals surface area contributed by atoms with E-state index in [1.54, 1.807) is 17.5 Å². The van der Waals surface area contributed by atoms with Gasteiger partial charge in [0.05, 0.1) is 9.83 Å². The lowest BCUT2D eigenvalue weighted by Crippen LogP contribution is -2.19. The molecule has 0 saturated carbocycles. The summed E-state index contributed by atoms with van der Waals surface area (Å²) >= 11 is 5.14. The largest absolute Gasteiger partial charge is 0.328 e. The number of nitrogens with two attached hydrogens (primary N) is 1. The lowest BCUT2D eigenvalue weighted by atomic mass is 10.2. The molecular formula is C9H10BrN3S. The Bertz CT molecular complexity index is 396. The summed E-state index contributed by atoms with van der Waals surface area (Å²) in [4.78, 5) is 1.23. The van der Waals surface area contributed by atoms with Crippen molar-refractivity contribution in [1.82, 2.24) is 9.78 Å². The van der Waals surface area contributed by atoms with E-state index in [2.05, 4.69) is 27.1 Å². The van der Waals surface area contributed by atoms with Crippen LogP contribution >= 0.6 is 27.3 Å². The number of halogens is 1. The molecule has 2 N–H and O–H groups in total. The van der Waals surface area contributed by atoms with Crippen LogP contribution in [0.4, 0.5) is 0 Å². The monoisotopic (exact) mass is 271 g/mol. The SMILES string of the molecule is NCC(c1ccc(Br)s1)n1cccn1. The molecule has 0 saturated heterocycles. The second kappa shape index (κ2) is 4.25. The van der Waals surface area contributed by atoms with E-state index in [1.165, 1.54) is 4.88 Å². The Balaban J connectivity index is 2.31. The van der Waals surface area contributed by atoms with Crippen LogP contribution in [0.25, 0.3) is 0 Å². The molecule has 0 aromatic carbocycles. The minimum atomic E-state index is 0.154. The zero-order valence-electron chi connectivity index (χ0n) is 7.43. The van der Waals surface area contributed by atoms with Crippen LogP contribution in [0.2, 0.25) is 0 Å². The highest BCUT2D eigenvalue weighted by Gasteiger charge is 2.13. The van der Waals surface area contributed by atoms with Crippen LogP contribution in [0.3, 0.4) is 0 Å². The molecule has 0 aliphatic carbocycles. The Morgan fingerprint density at radius 3 is 2.93 bits per heavy atom. The summed E-state index contributed by atoms with van der Waals surface area (Å²) < 4.78 is 3.01. The quantitative estimate of drug-likeness (QED) is 0.931. The molecular weight excluding hydrogens is 262 g/mol. The zero-order valence-corrected chi connectivity index (χ0v) is 9.83. The van der Waals surface area contributed by atoms with E-state index < -0.39 is 0 Å². The van der Waals surface area contributed by atoms with Gasteiger partial charge in [0.1, 0.15) is 0 Å². The van der Waals surface area contributed by atoms with Crippen molar-refractivity contribution in [2.75, 3.05) is 6.54 Å². The first-order valence-electron chi connectivity index (χ1n) is 4.25. The standard InChI is InChI=1S/C9H10BrN3S/c10-9-3-2-8(14-9)7(6-11)13-5-1-4-12-13/h1-5,7H,6,11H2. The van der Waals surface area contributed by atoms with Crippen LogP contribution in [0, 0.1) is 0 Å². The van der Waals surface area contributed by atoms with Crippen LogP contribution < -0.4 is 5.73 Å². The van der Waals surface area contributed by atoms with Crippen LogP contribution in [0.5, 0.6) is 0 Å². The van der Waals surface area contributed by atoms with Gasteiger partial charge in [-0.25, -0.2) is 0 Å². The number of hydrogen-bond donors (Lipinski definition) is 1. The maximum absolute atomic E-state index is 5.74. The average molecular weight is 272 g/mol. The summed E-state index contributed by atoms with van der Waals surface area (Å²) in [7, 11) is 0. The van der Waals surface area contributed by atoms with Crippen LogP contribution in [-0.2, 0) is 0 Å². The molecule has 2 aromatic rings. The molecule has 0 spiro atoms. The molecule has 0 aliphatic heterocycles. The Morgan fingerprint density at radius 2 is 2.43 bits per heavy atom. The van der Waals surface area contributed by atoms with Crippen molar-refractivity contribution < 1.29 is 0 Å². The number of hydrogen-bond acceptors (Lipinski definition) is 3. The van der Waals surface area contributed by atoms with E-state index in [9.17, 15) is 0 Å². The van der Waals surface area contributed by atoms with Crippen molar-refractivity contribution in [2.24, 2.45) is 5.73 Å². The van der Waals surface area contributed by atoms with E-state index >= 15 is 0 Å². The van der Waals surface area contributed by atoms with Crippen LogP contribution in [0.15, 0.2) is 34.4 Å².